The summed E-state index contributed by atoms with van der Waals surface area (Å²) in [6, 6.07) is 16.5. The Morgan fingerprint density at radius 2 is 1.95 bits per heavy atom. The van der Waals surface area contributed by atoms with Gasteiger partial charge in [0.1, 0.15) is 5.75 Å². The minimum Gasteiger partial charge on any atom is -0.493 e. The van der Waals surface area contributed by atoms with Gasteiger partial charge in [0.2, 0.25) is 0 Å². The Morgan fingerprint density at radius 3 is 2.80 bits per heavy atom. The fourth-order valence-electron chi connectivity index (χ4n) is 2.72. The van der Waals surface area contributed by atoms with E-state index in [2.05, 4.69) is 30.3 Å². The lowest BCUT2D eigenvalue weighted by atomic mass is 9.99. The summed E-state index contributed by atoms with van der Waals surface area (Å²) in [5.41, 5.74) is 3.58. The fraction of sp³-hybridized carbons (Fsp3) is 0.333. The van der Waals surface area contributed by atoms with E-state index in [1.54, 1.807) is 0 Å². The lowest BCUT2D eigenvalue weighted by Crippen LogP contribution is -1.99. The summed E-state index contributed by atoms with van der Waals surface area (Å²) in [7, 11) is 0. The molecule has 2 aromatic rings. The van der Waals surface area contributed by atoms with Crippen molar-refractivity contribution in [1.29, 1.82) is 0 Å². The van der Waals surface area contributed by atoms with E-state index in [0.29, 0.717) is 0 Å². The summed E-state index contributed by atoms with van der Waals surface area (Å²) in [4.78, 5) is 0. The SMILES string of the molecule is OC(CCCc1ccccc1)c1ccc2c(c1)CCO2. The van der Waals surface area contributed by atoms with E-state index in [1.807, 2.05) is 18.2 Å². The molecular weight excluding hydrogens is 248 g/mol. The Balaban J connectivity index is 1.55. The van der Waals surface area contributed by atoms with Crippen LogP contribution < -0.4 is 4.74 Å². The highest BCUT2D eigenvalue weighted by Crippen LogP contribution is 2.29. The summed E-state index contributed by atoms with van der Waals surface area (Å²) in [5, 5.41) is 10.3. The highest BCUT2D eigenvalue weighted by Gasteiger charge is 2.15. The number of benzene rings is 2. The summed E-state index contributed by atoms with van der Waals surface area (Å²) in [6.07, 6.45) is 3.41. The first-order valence-corrected chi connectivity index (χ1v) is 7.30. The number of aryl methyl sites for hydroxylation is 1. The maximum absolute atomic E-state index is 10.3. The van der Waals surface area contributed by atoms with Gasteiger partial charge < -0.3 is 9.84 Å². The topological polar surface area (TPSA) is 29.5 Å². The average molecular weight is 268 g/mol. The van der Waals surface area contributed by atoms with Crippen LogP contribution in [0, 0.1) is 0 Å². The molecule has 104 valence electrons. The molecule has 1 unspecified atom stereocenters. The Bertz CT molecular complexity index is 563. The van der Waals surface area contributed by atoms with Crippen molar-refractivity contribution in [3.63, 3.8) is 0 Å². The minimum absolute atomic E-state index is 0.371. The van der Waals surface area contributed by atoms with E-state index in [-0.39, 0.29) is 6.10 Å². The van der Waals surface area contributed by atoms with Gasteiger partial charge in [-0.05, 0) is 48.1 Å². The van der Waals surface area contributed by atoms with Crippen LogP contribution in [-0.4, -0.2) is 11.7 Å². The highest BCUT2D eigenvalue weighted by atomic mass is 16.5. The lowest BCUT2D eigenvalue weighted by molar-refractivity contribution is 0.164. The molecule has 2 heteroatoms. The van der Waals surface area contributed by atoms with E-state index in [0.717, 1.165) is 43.6 Å². The molecule has 2 nitrogen and oxygen atoms in total. The molecule has 0 bridgehead atoms. The molecule has 0 aliphatic carbocycles. The number of aliphatic hydroxyl groups is 1. The zero-order valence-electron chi connectivity index (χ0n) is 11.6. The second-order valence-electron chi connectivity index (χ2n) is 5.36. The monoisotopic (exact) mass is 268 g/mol. The van der Waals surface area contributed by atoms with Crippen LogP contribution >= 0.6 is 0 Å². The molecule has 0 saturated carbocycles. The molecule has 1 aliphatic heterocycles. The summed E-state index contributed by atoms with van der Waals surface area (Å²) < 4.78 is 5.49. The van der Waals surface area contributed by atoms with Crippen molar-refractivity contribution >= 4 is 0 Å². The molecule has 0 spiro atoms. The van der Waals surface area contributed by atoms with Gasteiger partial charge in [0, 0.05) is 6.42 Å². The van der Waals surface area contributed by atoms with Crippen molar-refractivity contribution in [1.82, 2.24) is 0 Å². The second-order valence-corrected chi connectivity index (χ2v) is 5.36. The van der Waals surface area contributed by atoms with Gasteiger partial charge in [-0.2, -0.15) is 0 Å². The normalized spacial score (nSPS) is 14.7. The molecule has 0 radical (unpaired) electrons. The van der Waals surface area contributed by atoms with Gasteiger partial charge in [-0.15, -0.1) is 0 Å². The average Bonchev–Trinajstić information content (AvgIpc) is 2.95. The van der Waals surface area contributed by atoms with Crippen LogP contribution in [0.15, 0.2) is 48.5 Å². The Morgan fingerprint density at radius 1 is 1.10 bits per heavy atom. The summed E-state index contributed by atoms with van der Waals surface area (Å²) >= 11 is 0. The second kappa shape index (κ2) is 6.10. The third-order valence-corrected chi connectivity index (χ3v) is 3.88. The lowest BCUT2D eigenvalue weighted by Gasteiger charge is -2.12. The van der Waals surface area contributed by atoms with Crippen LogP contribution in [0.2, 0.25) is 0 Å². The smallest absolute Gasteiger partial charge is 0.122 e. The zero-order chi connectivity index (χ0) is 13.8. The molecule has 2 aromatic carbocycles. The van der Waals surface area contributed by atoms with Crippen molar-refractivity contribution in [3.05, 3.63) is 65.2 Å². The molecule has 20 heavy (non-hydrogen) atoms. The first kappa shape index (κ1) is 13.2. The van der Waals surface area contributed by atoms with Crippen molar-refractivity contribution < 1.29 is 9.84 Å². The van der Waals surface area contributed by atoms with Crippen LogP contribution in [0.4, 0.5) is 0 Å². The van der Waals surface area contributed by atoms with Crippen molar-refractivity contribution in [2.75, 3.05) is 6.61 Å². The molecule has 1 atom stereocenters. The van der Waals surface area contributed by atoms with E-state index in [1.165, 1.54) is 11.1 Å². The number of fused-ring (bicyclic) bond motifs is 1. The standard InChI is InChI=1S/C18H20O2/c19-17(8-4-7-14-5-2-1-3-6-14)15-9-10-18-16(13-15)11-12-20-18/h1-3,5-6,9-10,13,17,19H,4,7-8,11-12H2. The van der Waals surface area contributed by atoms with Crippen molar-refractivity contribution in [2.45, 2.75) is 31.8 Å². The van der Waals surface area contributed by atoms with Crippen LogP contribution in [0.3, 0.4) is 0 Å². The molecule has 3 rings (SSSR count). The maximum Gasteiger partial charge on any atom is 0.122 e. The van der Waals surface area contributed by atoms with E-state index < -0.39 is 0 Å². The molecule has 1 N–H and O–H groups in total. The minimum atomic E-state index is -0.371. The predicted molar refractivity (Wildman–Crippen MR) is 80.0 cm³/mol. The van der Waals surface area contributed by atoms with Crippen LogP contribution in [-0.2, 0) is 12.8 Å². The van der Waals surface area contributed by atoms with Gasteiger partial charge in [0.15, 0.2) is 0 Å². The molecular formula is C18H20O2. The fourth-order valence-corrected chi connectivity index (χ4v) is 2.72. The molecule has 1 heterocycles. The van der Waals surface area contributed by atoms with E-state index in [4.69, 9.17) is 4.74 Å². The van der Waals surface area contributed by atoms with Gasteiger partial charge in [-0.1, -0.05) is 36.4 Å². The van der Waals surface area contributed by atoms with Gasteiger partial charge in [-0.25, -0.2) is 0 Å². The zero-order valence-corrected chi connectivity index (χ0v) is 11.6. The van der Waals surface area contributed by atoms with Crippen molar-refractivity contribution in [3.8, 4) is 5.75 Å². The quantitative estimate of drug-likeness (QED) is 0.896. The third kappa shape index (κ3) is 3.02. The van der Waals surface area contributed by atoms with Crippen LogP contribution in [0.25, 0.3) is 0 Å². The largest absolute Gasteiger partial charge is 0.493 e. The molecule has 0 amide bonds. The number of ether oxygens (including phenoxy) is 1. The van der Waals surface area contributed by atoms with Crippen LogP contribution in [0.5, 0.6) is 5.75 Å². The Labute approximate surface area is 120 Å². The van der Waals surface area contributed by atoms with Crippen LogP contribution in [0.1, 0.15) is 35.6 Å². The summed E-state index contributed by atoms with van der Waals surface area (Å²) in [6.45, 7) is 0.767. The Hall–Kier alpha value is -1.80. The third-order valence-electron chi connectivity index (χ3n) is 3.88. The first-order valence-electron chi connectivity index (χ1n) is 7.30. The molecule has 0 fully saturated rings. The van der Waals surface area contributed by atoms with Gasteiger partial charge in [0.25, 0.3) is 0 Å². The van der Waals surface area contributed by atoms with Crippen molar-refractivity contribution in [2.24, 2.45) is 0 Å². The number of rotatable bonds is 5. The van der Waals surface area contributed by atoms with E-state index in [9.17, 15) is 5.11 Å². The van der Waals surface area contributed by atoms with Gasteiger partial charge in [-0.3, -0.25) is 0 Å². The highest BCUT2D eigenvalue weighted by molar-refractivity contribution is 5.40. The number of hydrogen-bond donors (Lipinski definition) is 1. The predicted octanol–water partition coefficient (Wildman–Crippen LogP) is 3.68. The number of aliphatic hydroxyl groups excluding tert-OH is 1. The van der Waals surface area contributed by atoms with E-state index >= 15 is 0 Å². The molecule has 0 saturated heterocycles. The molecule has 0 aromatic heterocycles. The first-order chi connectivity index (χ1) is 9.83. The maximum atomic E-state index is 10.3. The number of hydrogen-bond acceptors (Lipinski definition) is 2. The summed E-state index contributed by atoms with van der Waals surface area (Å²) in [5.74, 6) is 0.977. The molecule has 1 aliphatic rings. The Kier molecular flexibility index (Phi) is 4.03. The van der Waals surface area contributed by atoms with Gasteiger partial charge >= 0.3 is 0 Å². The van der Waals surface area contributed by atoms with Gasteiger partial charge in [0.05, 0.1) is 12.7 Å².